The van der Waals surface area contributed by atoms with Crippen molar-refractivity contribution in [3.8, 4) is 11.5 Å². The van der Waals surface area contributed by atoms with Gasteiger partial charge in [-0.05, 0) is 71.8 Å². The molecule has 0 saturated carbocycles. The molecular formula is C28H22F3NO5S. The highest BCUT2D eigenvalue weighted by Gasteiger charge is 2.23. The molecule has 0 N–H and O–H groups in total. The molecule has 38 heavy (non-hydrogen) atoms. The van der Waals surface area contributed by atoms with E-state index in [9.17, 15) is 26.4 Å². The van der Waals surface area contributed by atoms with Gasteiger partial charge in [0.25, 0.3) is 5.91 Å². The highest BCUT2D eigenvalue weighted by molar-refractivity contribution is 7.87. The van der Waals surface area contributed by atoms with E-state index in [-0.39, 0.29) is 35.0 Å². The van der Waals surface area contributed by atoms with Crippen molar-refractivity contribution in [2.24, 2.45) is 0 Å². The minimum absolute atomic E-state index is 0.0174. The van der Waals surface area contributed by atoms with Gasteiger partial charge in [-0.15, -0.1) is 0 Å². The van der Waals surface area contributed by atoms with Crippen LogP contribution in [0.1, 0.15) is 21.5 Å². The highest BCUT2D eigenvalue weighted by Crippen LogP contribution is 2.32. The van der Waals surface area contributed by atoms with Crippen molar-refractivity contribution in [3.63, 3.8) is 0 Å². The van der Waals surface area contributed by atoms with Crippen molar-refractivity contribution in [1.29, 1.82) is 0 Å². The molecule has 0 radical (unpaired) electrons. The summed E-state index contributed by atoms with van der Waals surface area (Å²) in [5, 5.41) is 0. The van der Waals surface area contributed by atoms with Gasteiger partial charge in [0.15, 0.2) is 11.5 Å². The summed E-state index contributed by atoms with van der Waals surface area (Å²) in [7, 11) is -3.01. The molecule has 0 aromatic heterocycles. The minimum Gasteiger partial charge on any atom is -0.493 e. The number of hydrogen-bond acceptors (Lipinski definition) is 5. The SMILES string of the molecule is COc1ccc(CN(Cc2ccc(F)cc2)C(=O)c2ccccc2F)cc1OS(=O)(=O)c1ccc(F)cc1. The topological polar surface area (TPSA) is 72.9 Å². The fourth-order valence-corrected chi connectivity index (χ4v) is 4.62. The average Bonchev–Trinajstić information content (AvgIpc) is 2.89. The highest BCUT2D eigenvalue weighted by atomic mass is 32.2. The first-order chi connectivity index (χ1) is 18.2. The summed E-state index contributed by atoms with van der Waals surface area (Å²) < 4.78 is 77.2. The Kier molecular flexibility index (Phi) is 8.02. The molecule has 0 fully saturated rings. The lowest BCUT2D eigenvalue weighted by molar-refractivity contribution is 0.0725. The Morgan fingerprint density at radius 3 is 1.97 bits per heavy atom. The third-order valence-corrected chi connectivity index (χ3v) is 6.83. The Balaban J connectivity index is 1.66. The van der Waals surface area contributed by atoms with Gasteiger partial charge in [-0.2, -0.15) is 8.42 Å². The minimum atomic E-state index is -4.34. The van der Waals surface area contributed by atoms with Crippen LogP contribution in [0.5, 0.6) is 11.5 Å². The first-order valence-electron chi connectivity index (χ1n) is 11.3. The Bertz CT molecular complexity index is 1540. The summed E-state index contributed by atoms with van der Waals surface area (Å²) in [6.07, 6.45) is 0. The monoisotopic (exact) mass is 541 g/mol. The van der Waals surface area contributed by atoms with Crippen LogP contribution in [-0.4, -0.2) is 26.3 Å². The van der Waals surface area contributed by atoms with Crippen LogP contribution < -0.4 is 8.92 Å². The van der Waals surface area contributed by atoms with E-state index in [1.165, 1.54) is 72.7 Å². The summed E-state index contributed by atoms with van der Waals surface area (Å²) in [4.78, 5) is 14.4. The smallest absolute Gasteiger partial charge is 0.339 e. The van der Waals surface area contributed by atoms with Gasteiger partial charge in [0, 0.05) is 13.1 Å². The van der Waals surface area contributed by atoms with E-state index in [1.54, 1.807) is 6.07 Å². The molecule has 0 saturated heterocycles. The number of ether oxygens (including phenoxy) is 1. The van der Waals surface area contributed by atoms with Crippen molar-refractivity contribution >= 4 is 16.0 Å². The number of methoxy groups -OCH3 is 1. The number of hydrogen-bond donors (Lipinski definition) is 0. The number of benzene rings is 4. The molecule has 10 heteroatoms. The summed E-state index contributed by atoms with van der Waals surface area (Å²) in [5.41, 5.74) is 0.889. The van der Waals surface area contributed by atoms with Crippen LogP contribution in [0.2, 0.25) is 0 Å². The molecule has 196 valence electrons. The largest absolute Gasteiger partial charge is 0.493 e. The maximum absolute atomic E-state index is 14.4. The van der Waals surface area contributed by atoms with Crippen LogP contribution in [0, 0.1) is 17.5 Å². The molecule has 6 nitrogen and oxygen atoms in total. The van der Waals surface area contributed by atoms with Gasteiger partial charge in [-0.3, -0.25) is 4.79 Å². The number of carbonyl (C=O) groups is 1. The molecule has 0 aliphatic carbocycles. The number of nitrogens with zero attached hydrogens (tertiary/aromatic N) is 1. The van der Waals surface area contributed by atoms with Gasteiger partial charge in [0.05, 0.1) is 12.7 Å². The number of rotatable bonds is 9. The zero-order valence-electron chi connectivity index (χ0n) is 20.1. The molecule has 0 aliphatic rings. The lowest BCUT2D eigenvalue weighted by atomic mass is 10.1. The first-order valence-corrected chi connectivity index (χ1v) is 12.7. The summed E-state index contributed by atoms with van der Waals surface area (Å²) in [6, 6.07) is 19.6. The van der Waals surface area contributed by atoms with Crippen LogP contribution >= 0.6 is 0 Å². The third kappa shape index (κ3) is 6.33. The molecular weight excluding hydrogens is 519 g/mol. The van der Waals surface area contributed by atoms with Crippen LogP contribution in [0.15, 0.2) is 95.9 Å². The van der Waals surface area contributed by atoms with E-state index in [1.807, 2.05) is 0 Å². The van der Waals surface area contributed by atoms with Crippen molar-refractivity contribution in [2.75, 3.05) is 7.11 Å². The Hall–Kier alpha value is -4.31. The lowest BCUT2D eigenvalue weighted by Gasteiger charge is -2.24. The van der Waals surface area contributed by atoms with Crippen molar-refractivity contribution < 1.29 is 35.3 Å². The molecule has 1 amide bonds. The van der Waals surface area contributed by atoms with Crippen molar-refractivity contribution in [3.05, 3.63) is 125 Å². The molecule has 0 spiro atoms. The van der Waals surface area contributed by atoms with Crippen LogP contribution in [0.25, 0.3) is 0 Å². The van der Waals surface area contributed by atoms with Gasteiger partial charge >= 0.3 is 10.1 Å². The van der Waals surface area contributed by atoms with E-state index in [0.717, 1.165) is 24.3 Å². The molecule has 0 aliphatic heterocycles. The molecule has 4 rings (SSSR count). The number of carbonyl (C=O) groups excluding carboxylic acids is 1. The van der Waals surface area contributed by atoms with Gasteiger partial charge in [0.1, 0.15) is 22.3 Å². The normalized spacial score (nSPS) is 11.2. The van der Waals surface area contributed by atoms with E-state index in [2.05, 4.69) is 0 Å². The Morgan fingerprint density at radius 1 is 0.763 bits per heavy atom. The summed E-state index contributed by atoms with van der Waals surface area (Å²) in [6.45, 7) is -0.0506. The number of amides is 1. The zero-order valence-corrected chi connectivity index (χ0v) is 20.9. The number of halogens is 3. The van der Waals surface area contributed by atoms with Crippen LogP contribution in [0.3, 0.4) is 0 Å². The standard InChI is InChI=1S/C28H22F3NO5S/c1-36-26-15-8-20(16-27(26)37-38(34,35)23-13-11-22(30)12-14-23)18-32(17-19-6-9-21(29)10-7-19)28(33)24-4-2-3-5-25(24)31/h2-16H,17-18H2,1H3. The Labute approximate surface area is 218 Å². The van der Waals surface area contributed by atoms with E-state index in [0.29, 0.717) is 11.1 Å². The maximum Gasteiger partial charge on any atom is 0.339 e. The zero-order chi connectivity index (χ0) is 27.3. The molecule has 0 heterocycles. The third-order valence-electron chi connectivity index (χ3n) is 5.58. The first kappa shape index (κ1) is 26.7. The fourth-order valence-electron chi connectivity index (χ4n) is 3.69. The van der Waals surface area contributed by atoms with Crippen molar-refractivity contribution in [2.45, 2.75) is 18.0 Å². The molecule has 0 atom stereocenters. The summed E-state index contributed by atoms with van der Waals surface area (Å²) >= 11 is 0. The van der Waals surface area contributed by atoms with Gasteiger partial charge in [-0.25, -0.2) is 13.2 Å². The second-order valence-electron chi connectivity index (χ2n) is 8.24. The molecule has 0 bridgehead atoms. The maximum atomic E-state index is 14.4. The average molecular weight is 542 g/mol. The quantitative estimate of drug-likeness (QED) is 0.254. The Morgan fingerprint density at radius 2 is 1.34 bits per heavy atom. The van der Waals surface area contributed by atoms with Crippen molar-refractivity contribution in [1.82, 2.24) is 4.90 Å². The van der Waals surface area contributed by atoms with Gasteiger partial charge in [0.2, 0.25) is 0 Å². The lowest BCUT2D eigenvalue weighted by Crippen LogP contribution is -2.30. The predicted octanol–water partition coefficient (Wildman–Crippen LogP) is 5.72. The molecule has 4 aromatic rings. The van der Waals surface area contributed by atoms with E-state index in [4.69, 9.17) is 8.92 Å². The van der Waals surface area contributed by atoms with Crippen LogP contribution in [0.4, 0.5) is 13.2 Å². The predicted molar refractivity (Wildman–Crippen MR) is 134 cm³/mol. The van der Waals surface area contributed by atoms with Gasteiger partial charge in [-0.1, -0.05) is 30.3 Å². The van der Waals surface area contributed by atoms with Crippen LogP contribution in [-0.2, 0) is 23.2 Å². The molecule has 4 aromatic carbocycles. The van der Waals surface area contributed by atoms with E-state index < -0.39 is 33.5 Å². The van der Waals surface area contributed by atoms with E-state index >= 15 is 0 Å². The van der Waals surface area contributed by atoms with Gasteiger partial charge < -0.3 is 13.8 Å². The summed E-state index contributed by atoms with van der Waals surface area (Å²) in [5.74, 6) is -2.43. The second-order valence-corrected chi connectivity index (χ2v) is 9.79. The molecule has 0 unspecified atom stereocenters. The fraction of sp³-hybridized carbons (Fsp3) is 0.107. The second kappa shape index (κ2) is 11.4.